The van der Waals surface area contributed by atoms with E-state index in [0.717, 1.165) is 6.07 Å². The van der Waals surface area contributed by atoms with E-state index in [2.05, 4.69) is 10.3 Å². The molecule has 8 heteroatoms. The van der Waals surface area contributed by atoms with Crippen molar-refractivity contribution >= 4 is 11.8 Å². The summed E-state index contributed by atoms with van der Waals surface area (Å²) in [4.78, 5) is 14.9. The van der Waals surface area contributed by atoms with Crippen LogP contribution in [0, 0.1) is 5.95 Å². The Morgan fingerprint density at radius 1 is 1.48 bits per heavy atom. The number of carbonyl (C=O) groups is 1. The Bertz CT molecular complexity index is 505. The first kappa shape index (κ1) is 17.1. The summed E-state index contributed by atoms with van der Waals surface area (Å²) >= 11 is 0. The normalized spacial score (nSPS) is 14.4. The maximum atomic E-state index is 13.0. The number of hydrogen-bond acceptors (Lipinski definition) is 6. The number of ether oxygens (including phenoxy) is 1. The van der Waals surface area contributed by atoms with E-state index in [1.54, 1.807) is 20.8 Å². The van der Waals surface area contributed by atoms with E-state index in [0.29, 0.717) is 0 Å². The largest absolute Gasteiger partial charge is 0.444 e. The number of nitrogen functional groups attached to an aromatic ring is 1. The molecule has 0 saturated heterocycles. The van der Waals surface area contributed by atoms with Crippen molar-refractivity contribution < 1.29 is 24.1 Å². The average molecular weight is 301 g/mol. The van der Waals surface area contributed by atoms with Gasteiger partial charge in [0.2, 0.25) is 5.95 Å². The Balaban J connectivity index is 2.61. The lowest BCUT2D eigenvalue weighted by Crippen LogP contribution is -2.39. The van der Waals surface area contributed by atoms with Gasteiger partial charge in [-0.15, -0.1) is 0 Å². The molecule has 1 aromatic heterocycles. The number of amides is 1. The van der Waals surface area contributed by atoms with Crippen molar-refractivity contribution in [2.24, 2.45) is 0 Å². The van der Waals surface area contributed by atoms with Gasteiger partial charge in [0.1, 0.15) is 17.8 Å². The van der Waals surface area contributed by atoms with E-state index in [9.17, 15) is 19.4 Å². The summed E-state index contributed by atoms with van der Waals surface area (Å²) in [6.45, 7) is 4.77. The molecule has 0 bridgehead atoms. The van der Waals surface area contributed by atoms with E-state index in [1.807, 2.05) is 0 Å². The van der Waals surface area contributed by atoms with Gasteiger partial charge in [0.25, 0.3) is 0 Å². The first-order valence-electron chi connectivity index (χ1n) is 6.35. The van der Waals surface area contributed by atoms with E-state index in [1.165, 1.54) is 6.07 Å². The molecular weight excluding hydrogens is 281 g/mol. The molecule has 0 aliphatic carbocycles. The predicted octanol–water partition coefficient (Wildman–Crippen LogP) is 0.722. The number of carbonyl (C=O) groups excluding carboxylic acids is 1. The Labute approximate surface area is 121 Å². The van der Waals surface area contributed by atoms with Crippen LogP contribution in [0.1, 0.15) is 32.6 Å². The van der Waals surface area contributed by atoms with Crippen LogP contribution in [0.4, 0.5) is 14.9 Å². The lowest BCUT2D eigenvalue weighted by molar-refractivity contribution is 0.0109. The van der Waals surface area contributed by atoms with Crippen LogP contribution in [0.15, 0.2) is 12.1 Å². The highest BCUT2D eigenvalue weighted by Crippen LogP contribution is 2.21. The van der Waals surface area contributed by atoms with Gasteiger partial charge in [-0.1, -0.05) is 0 Å². The molecule has 21 heavy (non-hydrogen) atoms. The maximum Gasteiger partial charge on any atom is 0.407 e. The number of alkyl carbamates (subject to hydrolysis) is 1. The number of rotatable bonds is 4. The van der Waals surface area contributed by atoms with Crippen LogP contribution in [0.5, 0.6) is 0 Å². The van der Waals surface area contributed by atoms with Crippen LogP contribution in [0.2, 0.25) is 0 Å². The second-order valence-corrected chi connectivity index (χ2v) is 5.50. The Morgan fingerprint density at radius 3 is 2.67 bits per heavy atom. The summed E-state index contributed by atoms with van der Waals surface area (Å²) in [6.07, 6.45) is -3.68. The number of aliphatic hydroxyl groups is 2. The third kappa shape index (κ3) is 5.52. The molecule has 0 aliphatic rings. The number of nitrogens with two attached hydrogens (primary N) is 1. The van der Waals surface area contributed by atoms with E-state index in [4.69, 9.17) is 10.5 Å². The number of aliphatic hydroxyl groups excluding tert-OH is 2. The van der Waals surface area contributed by atoms with Crippen LogP contribution in [0.25, 0.3) is 0 Å². The lowest BCUT2D eigenvalue weighted by Gasteiger charge is -2.22. The smallest absolute Gasteiger partial charge is 0.407 e. The second-order valence-electron chi connectivity index (χ2n) is 5.50. The molecule has 0 fully saturated rings. The monoisotopic (exact) mass is 301 g/mol. The molecule has 0 radical (unpaired) electrons. The van der Waals surface area contributed by atoms with Crippen molar-refractivity contribution in [3.05, 3.63) is 23.8 Å². The highest BCUT2D eigenvalue weighted by Gasteiger charge is 2.24. The van der Waals surface area contributed by atoms with E-state index < -0.39 is 29.8 Å². The van der Waals surface area contributed by atoms with Crippen LogP contribution in [-0.4, -0.2) is 39.5 Å². The van der Waals surface area contributed by atoms with E-state index in [-0.39, 0.29) is 17.9 Å². The van der Waals surface area contributed by atoms with Crippen molar-refractivity contribution in [2.75, 3.05) is 12.3 Å². The number of nitrogens with one attached hydrogen (secondary N) is 1. The van der Waals surface area contributed by atoms with Gasteiger partial charge in [-0.2, -0.15) is 4.39 Å². The van der Waals surface area contributed by atoms with Crippen LogP contribution < -0.4 is 11.1 Å². The summed E-state index contributed by atoms with van der Waals surface area (Å²) in [5, 5.41) is 22.0. The standard InChI is InChI=1S/C13H20FN3O4/c1-13(2,3)21-12(20)16-6-8(18)11(19)10-7(15)4-5-9(14)17-10/h4-5,8,11,18-19H,6,15H2,1-3H3,(H,16,20). The Hall–Kier alpha value is -1.93. The zero-order valence-corrected chi connectivity index (χ0v) is 12.1. The number of pyridine rings is 1. The highest BCUT2D eigenvalue weighted by atomic mass is 19.1. The van der Waals surface area contributed by atoms with Gasteiger partial charge in [-0.25, -0.2) is 9.78 Å². The average Bonchev–Trinajstić information content (AvgIpc) is 2.36. The fourth-order valence-electron chi connectivity index (χ4n) is 1.49. The number of hydrogen-bond donors (Lipinski definition) is 4. The van der Waals surface area contributed by atoms with Crippen molar-refractivity contribution in [1.82, 2.24) is 10.3 Å². The molecule has 5 N–H and O–H groups in total. The van der Waals surface area contributed by atoms with Gasteiger partial charge in [0.05, 0.1) is 11.4 Å². The zero-order valence-electron chi connectivity index (χ0n) is 12.1. The van der Waals surface area contributed by atoms with Crippen molar-refractivity contribution in [1.29, 1.82) is 0 Å². The van der Waals surface area contributed by atoms with Gasteiger partial charge in [-0.3, -0.25) is 0 Å². The van der Waals surface area contributed by atoms with Gasteiger partial charge in [-0.05, 0) is 32.9 Å². The molecule has 0 aliphatic heterocycles. The zero-order chi connectivity index (χ0) is 16.2. The van der Waals surface area contributed by atoms with Crippen LogP contribution >= 0.6 is 0 Å². The minimum absolute atomic E-state index is 0.0419. The summed E-state index contributed by atoms with van der Waals surface area (Å²) < 4.78 is 18.0. The first-order valence-corrected chi connectivity index (χ1v) is 6.35. The Morgan fingerprint density at radius 2 is 2.10 bits per heavy atom. The molecule has 1 heterocycles. The van der Waals surface area contributed by atoms with Crippen molar-refractivity contribution in [3.63, 3.8) is 0 Å². The van der Waals surface area contributed by atoms with Crippen LogP contribution in [0.3, 0.4) is 0 Å². The van der Waals surface area contributed by atoms with Gasteiger partial charge in [0.15, 0.2) is 0 Å². The molecule has 0 saturated carbocycles. The van der Waals surface area contributed by atoms with Crippen molar-refractivity contribution in [2.45, 2.75) is 38.6 Å². The molecular formula is C13H20FN3O4. The minimum Gasteiger partial charge on any atom is -0.444 e. The number of nitrogens with zero attached hydrogens (tertiary/aromatic N) is 1. The number of aromatic nitrogens is 1. The van der Waals surface area contributed by atoms with Gasteiger partial charge >= 0.3 is 6.09 Å². The molecule has 1 amide bonds. The molecule has 118 valence electrons. The quantitative estimate of drug-likeness (QED) is 0.609. The van der Waals surface area contributed by atoms with Crippen molar-refractivity contribution in [3.8, 4) is 0 Å². The molecule has 2 atom stereocenters. The molecule has 0 aromatic carbocycles. The topological polar surface area (TPSA) is 118 Å². The highest BCUT2D eigenvalue weighted by molar-refractivity contribution is 5.67. The van der Waals surface area contributed by atoms with Gasteiger partial charge < -0.3 is 26.0 Å². The third-order valence-electron chi connectivity index (χ3n) is 2.42. The second kappa shape index (κ2) is 6.68. The maximum absolute atomic E-state index is 13.0. The molecule has 1 aromatic rings. The molecule has 1 rings (SSSR count). The first-order chi connectivity index (χ1) is 9.60. The predicted molar refractivity (Wildman–Crippen MR) is 73.8 cm³/mol. The number of halogens is 1. The molecule has 7 nitrogen and oxygen atoms in total. The third-order valence-corrected chi connectivity index (χ3v) is 2.42. The minimum atomic E-state index is -1.53. The molecule has 2 unspecified atom stereocenters. The van der Waals surface area contributed by atoms with Crippen LogP contribution in [-0.2, 0) is 4.74 Å². The molecule has 0 spiro atoms. The number of anilines is 1. The summed E-state index contributed by atoms with van der Waals surface area (Å²) in [7, 11) is 0. The fraction of sp³-hybridized carbons (Fsp3) is 0.538. The summed E-state index contributed by atoms with van der Waals surface area (Å²) in [6, 6.07) is 2.27. The SMILES string of the molecule is CC(C)(C)OC(=O)NCC(O)C(O)c1nc(F)ccc1N. The Kier molecular flexibility index (Phi) is 5.45. The van der Waals surface area contributed by atoms with E-state index >= 15 is 0 Å². The summed E-state index contributed by atoms with van der Waals surface area (Å²) in [5.74, 6) is -0.828. The fourth-order valence-corrected chi connectivity index (χ4v) is 1.49. The summed E-state index contributed by atoms with van der Waals surface area (Å²) in [5.41, 5.74) is 4.73. The lowest BCUT2D eigenvalue weighted by atomic mass is 10.1. The van der Waals surface area contributed by atoms with Gasteiger partial charge in [0, 0.05) is 6.54 Å².